The quantitative estimate of drug-likeness (QED) is 0.449. The Labute approximate surface area is 232 Å². The van der Waals surface area contributed by atoms with Crippen LogP contribution in [-0.4, -0.2) is 62.3 Å². The van der Waals surface area contributed by atoms with Gasteiger partial charge in [-0.1, -0.05) is 63.2 Å². The summed E-state index contributed by atoms with van der Waals surface area (Å²) in [7, 11) is 0. The van der Waals surface area contributed by atoms with Gasteiger partial charge in [-0.25, -0.2) is 4.98 Å². The van der Waals surface area contributed by atoms with Gasteiger partial charge >= 0.3 is 0 Å². The second kappa shape index (κ2) is 11.3. The maximum atomic E-state index is 13.8. The highest BCUT2D eigenvalue weighted by atomic mass is 32.1. The number of nitrogens with one attached hydrogen (secondary N) is 1. The predicted octanol–water partition coefficient (Wildman–Crippen LogP) is 3.63. The highest BCUT2D eigenvalue weighted by Crippen LogP contribution is 2.31. The molecule has 3 aromatic rings. The van der Waals surface area contributed by atoms with Gasteiger partial charge in [0.05, 0.1) is 22.2 Å². The molecular weight excluding hydrogens is 512 g/mol. The van der Waals surface area contributed by atoms with E-state index in [0.717, 1.165) is 33.7 Å². The van der Waals surface area contributed by atoms with E-state index in [2.05, 4.69) is 17.2 Å². The van der Waals surface area contributed by atoms with Crippen molar-refractivity contribution in [1.29, 1.82) is 0 Å². The highest BCUT2D eigenvalue weighted by Gasteiger charge is 2.45. The minimum atomic E-state index is -0.796. The molecule has 0 bridgehead atoms. The van der Waals surface area contributed by atoms with Crippen molar-refractivity contribution in [1.82, 2.24) is 20.1 Å². The van der Waals surface area contributed by atoms with Crippen LogP contribution in [0.2, 0.25) is 0 Å². The molecule has 0 radical (unpaired) electrons. The van der Waals surface area contributed by atoms with Gasteiger partial charge in [-0.2, -0.15) is 0 Å². The fourth-order valence-electron chi connectivity index (χ4n) is 5.59. The van der Waals surface area contributed by atoms with Crippen molar-refractivity contribution in [3.63, 3.8) is 0 Å². The molecule has 2 aromatic carbocycles. The van der Waals surface area contributed by atoms with E-state index in [-0.39, 0.29) is 36.6 Å². The number of carbonyl (C=O) groups excluding carboxylic acids is 3. The lowest BCUT2D eigenvalue weighted by molar-refractivity contribution is -0.143. The molecule has 1 unspecified atom stereocenters. The van der Waals surface area contributed by atoms with Gasteiger partial charge in [-0.05, 0) is 35.1 Å². The topological polar surface area (TPSA) is 103 Å². The second-order valence-electron chi connectivity index (χ2n) is 10.6. The van der Waals surface area contributed by atoms with Crippen molar-refractivity contribution >= 4 is 29.1 Å². The minimum absolute atomic E-state index is 0.0679. The molecule has 204 valence electrons. The zero-order valence-corrected chi connectivity index (χ0v) is 23.3. The van der Waals surface area contributed by atoms with Crippen LogP contribution in [-0.2, 0) is 29.1 Å². The molecule has 8 nitrogen and oxygen atoms in total. The van der Waals surface area contributed by atoms with E-state index < -0.39 is 18.2 Å². The Kier molecular flexibility index (Phi) is 7.81. The normalized spacial score (nSPS) is 19.5. The van der Waals surface area contributed by atoms with E-state index in [4.69, 9.17) is 0 Å². The lowest BCUT2D eigenvalue weighted by Crippen LogP contribution is -2.55. The van der Waals surface area contributed by atoms with Gasteiger partial charge in [0.2, 0.25) is 11.8 Å². The Hall–Kier alpha value is -3.56. The molecule has 1 aromatic heterocycles. The Bertz CT molecular complexity index is 1370. The molecule has 1 saturated heterocycles. The molecule has 1 fully saturated rings. The zero-order chi connectivity index (χ0) is 27.7. The summed E-state index contributed by atoms with van der Waals surface area (Å²) in [5, 5.41) is 13.4. The minimum Gasteiger partial charge on any atom is -0.391 e. The molecule has 9 heteroatoms. The number of β-amino-alcohol motifs (C(OH)–C–C–N with tert-alkyl or cyclic N) is 1. The maximum absolute atomic E-state index is 13.8. The molecule has 3 heterocycles. The first-order valence-corrected chi connectivity index (χ1v) is 14.3. The number of hydrogen-bond donors (Lipinski definition) is 2. The van der Waals surface area contributed by atoms with Crippen molar-refractivity contribution in [3.8, 4) is 10.4 Å². The standard InChI is InChI=1S/C30H34N4O4S/c1-4-24-27(39-17-32-24)20-11-9-19(10-12-20)14-31-28(36)25-13-22(35)16-33(25)30(38)26(18(2)3)34-15-21-7-5-6-8-23(21)29(34)37/h5-12,17-18,22,25-26,35H,4,13-16H2,1-3H3,(H,31,36)/t22?,25-,26-/m0/s1. The van der Waals surface area contributed by atoms with Gasteiger partial charge in [-0.15, -0.1) is 11.3 Å². The molecule has 0 spiro atoms. The summed E-state index contributed by atoms with van der Waals surface area (Å²) in [6.45, 7) is 6.62. The van der Waals surface area contributed by atoms with E-state index >= 15 is 0 Å². The first kappa shape index (κ1) is 27.0. The van der Waals surface area contributed by atoms with Gasteiger partial charge in [0, 0.05) is 31.6 Å². The molecule has 39 heavy (non-hydrogen) atoms. The largest absolute Gasteiger partial charge is 0.391 e. The summed E-state index contributed by atoms with van der Waals surface area (Å²) in [4.78, 5) is 48.9. The molecule has 0 saturated carbocycles. The van der Waals surface area contributed by atoms with Gasteiger partial charge < -0.3 is 20.2 Å². The summed E-state index contributed by atoms with van der Waals surface area (Å²) >= 11 is 1.61. The lowest BCUT2D eigenvalue weighted by atomic mass is 10.0. The van der Waals surface area contributed by atoms with Crippen LogP contribution >= 0.6 is 11.3 Å². The van der Waals surface area contributed by atoms with Crippen LogP contribution in [0.5, 0.6) is 0 Å². The van der Waals surface area contributed by atoms with Crippen LogP contribution in [0.1, 0.15) is 54.4 Å². The number of carbonyl (C=O) groups is 3. The Morgan fingerprint density at radius 1 is 1.15 bits per heavy atom. The SMILES string of the molecule is CCc1ncsc1-c1ccc(CNC(=O)[C@@H]2CC(O)CN2C(=O)[C@H](C(C)C)N2Cc3ccccc3C2=O)cc1. The maximum Gasteiger partial charge on any atom is 0.255 e. The third-order valence-corrected chi connectivity index (χ3v) is 8.51. The van der Waals surface area contributed by atoms with Crippen LogP contribution in [0.15, 0.2) is 54.0 Å². The molecular formula is C30H34N4O4S. The van der Waals surface area contributed by atoms with E-state index in [1.807, 2.05) is 61.8 Å². The average molecular weight is 547 g/mol. The number of benzene rings is 2. The number of thiazole rings is 1. The predicted molar refractivity (Wildman–Crippen MR) is 150 cm³/mol. The first-order chi connectivity index (χ1) is 18.8. The summed E-state index contributed by atoms with van der Waals surface area (Å²) in [6.07, 6.45) is 0.242. The third kappa shape index (κ3) is 5.33. The van der Waals surface area contributed by atoms with Crippen molar-refractivity contribution in [2.24, 2.45) is 5.92 Å². The molecule has 2 N–H and O–H groups in total. The number of aliphatic hydroxyl groups excluding tert-OH is 1. The van der Waals surface area contributed by atoms with E-state index in [9.17, 15) is 19.5 Å². The second-order valence-corrected chi connectivity index (χ2v) is 11.4. The Morgan fingerprint density at radius 3 is 2.59 bits per heavy atom. The number of rotatable bonds is 8. The number of nitrogens with zero attached hydrogens (tertiary/aromatic N) is 3. The van der Waals surface area contributed by atoms with Crippen LogP contribution in [0, 0.1) is 5.92 Å². The monoisotopic (exact) mass is 546 g/mol. The summed E-state index contributed by atoms with van der Waals surface area (Å²) in [6, 6.07) is 13.9. The van der Waals surface area contributed by atoms with E-state index in [1.54, 1.807) is 22.3 Å². The fraction of sp³-hybridized carbons (Fsp3) is 0.400. The van der Waals surface area contributed by atoms with Gasteiger partial charge in [0.25, 0.3) is 5.91 Å². The van der Waals surface area contributed by atoms with Crippen molar-refractivity contribution in [3.05, 3.63) is 76.4 Å². The van der Waals surface area contributed by atoms with Gasteiger partial charge in [-0.3, -0.25) is 14.4 Å². The van der Waals surface area contributed by atoms with Crippen molar-refractivity contribution in [2.45, 2.75) is 64.9 Å². The fourth-order valence-corrected chi connectivity index (χ4v) is 6.48. The average Bonchev–Trinajstić information content (AvgIpc) is 3.65. The molecule has 3 amide bonds. The molecule has 2 aliphatic rings. The van der Waals surface area contributed by atoms with E-state index in [1.165, 1.54) is 4.90 Å². The molecule has 2 aliphatic heterocycles. The molecule has 5 rings (SSSR count). The van der Waals surface area contributed by atoms with E-state index in [0.29, 0.717) is 18.7 Å². The number of fused-ring (bicyclic) bond motifs is 1. The number of amides is 3. The summed E-state index contributed by atoms with van der Waals surface area (Å²) < 4.78 is 0. The van der Waals surface area contributed by atoms with Gasteiger partial charge in [0.1, 0.15) is 12.1 Å². The number of hydrogen-bond acceptors (Lipinski definition) is 6. The summed E-state index contributed by atoms with van der Waals surface area (Å²) in [5.74, 6) is -0.949. The Morgan fingerprint density at radius 2 is 1.90 bits per heavy atom. The Balaban J connectivity index is 1.27. The summed E-state index contributed by atoms with van der Waals surface area (Å²) in [5.41, 5.74) is 6.46. The van der Waals surface area contributed by atoms with Crippen molar-refractivity contribution < 1.29 is 19.5 Å². The van der Waals surface area contributed by atoms with Crippen LogP contribution < -0.4 is 5.32 Å². The van der Waals surface area contributed by atoms with Crippen molar-refractivity contribution in [2.75, 3.05) is 6.54 Å². The first-order valence-electron chi connectivity index (χ1n) is 13.4. The number of aromatic nitrogens is 1. The third-order valence-electron chi connectivity index (χ3n) is 7.59. The van der Waals surface area contributed by atoms with Crippen LogP contribution in [0.25, 0.3) is 10.4 Å². The lowest BCUT2D eigenvalue weighted by Gasteiger charge is -2.35. The van der Waals surface area contributed by atoms with Gasteiger partial charge in [0.15, 0.2) is 0 Å². The number of likely N-dealkylation sites (tertiary alicyclic amines) is 1. The van der Waals surface area contributed by atoms with Crippen LogP contribution in [0.4, 0.5) is 0 Å². The number of aliphatic hydroxyl groups is 1. The highest BCUT2D eigenvalue weighted by molar-refractivity contribution is 7.13. The molecule has 3 atom stereocenters. The number of aryl methyl sites for hydroxylation is 1. The zero-order valence-electron chi connectivity index (χ0n) is 22.5. The smallest absolute Gasteiger partial charge is 0.255 e. The molecule has 0 aliphatic carbocycles. The van der Waals surface area contributed by atoms with Crippen LogP contribution in [0.3, 0.4) is 0 Å².